The fourth-order valence-electron chi connectivity index (χ4n) is 7.99. The number of esters is 1. The molecule has 8 atom stereocenters. The standard InChI is InChI=1S/C28H38BNO7/c1-6-26(4)12-21(37-23(32)15-35-22-11-19-18(13-30-22)14-36-29(19)34)27(5)16(2)7-9-28(17(3)25(26)33)10-8-20(31)24(27)28/h6,11,13,16-17,21,24-25,33-34H,1,7-10,12,14-15H2,2-5H3/t16-,17+,21-,24+,25+,26-,27+,28+/m1/s1. The van der Waals surface area contributed by atoms with Crippen LogP contribution in [0.5, 0.6) is 5.88 Å². The Morgan fingerprint density at radius 2 is 2.11 bits per heavy atom. The summed E-state index contributed by atoms with van der Waals surface area (Å²) in [5, 5.41) is 21.5. The van der Waals surface area contributed by atoms with Gasteiger partial charge < -0.3 is 24.3 Å². The van der Waals surface area contributed by atoms with Gasteiger partial charge in [-0.05, 0) is 54.0 Å². The van der Waals surface area contributed by atoms with Crippen LogP contribution in [-0.4, -0.2) is 52.8 Å². The van der Waals surface area contributed by atoms with Crippen molar-refractivity contribution in [2.24, 2.45) is 34.0 Å². The number of carbonyl (C=O) groups excluding carboxylic acids is 2. The lowest BCUT2D eigenvalue weighted by atomic mass is 9.44. The number of nitrogens with zero attached hydrogens (tertiary/aromatic N) is 1. The van der Waals surface area contributed by atoms with Gasteiger partial charge in [0.2, 0.25) is 5.88 Å². The molecule has 8 nitrogen and oxygen atoms in total. The lowest BCUT2D eigenvalue weighted by molar-refractivity contribution is -0.207. The number of ketones is 1. The summed E-state index contributed by atoms with van der Waals surface area (Å²) in [4.78, 5) is 30.9. The fourth-order valence-corrected chi connectivity index (χ4v) is 7.99. The number of fused-ring (bicyclic) bond motifs is 1. The van der Waals surface area contributed by atoms with Gasteiger partial charge in [0.1, 0.15) is 11.9 Å². The van der Waals surface area contributed by atoms with E-state index in [0.29, 0.717) is 18.3 Å². The van der Waals surface area contributed by atoms with Gasteiger partial charge in [-0.1, -0.05) is 33.8 Å². The van der Waals surface area contributed by atoms with Crippen LogP contribution in [0.25, 0.3) is 0 Å². The molecule has 3 fully saturated rings. The minimum atomic E-state index is -1.04. The van der Waals surface area contributed by atoms with Crippen molar-refractivity contribution in [1.29, 1.82) is 0 Å². The predicted octanol–water partition coefficient (Wildman–Crippen LogP) is 2.58. The first-order valence-corrected chi connectivity index (χ1v) is 13.4. The van der Waals surface area contributed by atoms with Crippen molar-refractivity contribution >= 4 is 24.3 Å². The predicted molar refractivity (Wildman–Crippen MR) is 137 cm³/mol. The van der Waals surface area contributed by atoms with Gasteiger partial charge in [-0.25, -0.2) is 9.78 Å². The number of pyridine rings is 1. The highest BCUT2D eigenvalue weighted by molar-refractivity contribution is 6.61. The van der Waals surface area contributed by atoms with E-state index in [2.05, 4.69) is 32.3 Å². The SMILES string of the molecule is C=C[C@]1(C)C[C@@H](OC(=O)COc2cc3c(cn2)COB3O)[C@]2(C)[C@H](C)CC[C@]3(CCC(=O)[C@H]32)[C@@H](C)[C@@H]1O. The Labute approximate surface area is 218 Å². The molecule has 3 aliphatic carbocycles. The molecule has 5 rings (SSSR count). The molecule has 0 amide bonds. The van der Waals surface area contributed by atoms with Crippen molar-refractivity contribution in [1.82, 2.24) is 4.98 Å². The molecule has 3 saturated carbocycles. The van der Waals surface area contributed by atoms with Crippen molar-refractivity contribution < 1.29 is 33.8 Å². The normalized spacial score (nSPS) is 40.9. The minimum Gasteiger partial charge on any atom is -0.466 e. The molecule has 2 bridgehead atoms. The van der Waals surface area contributed by atoms with E-state index in [9.17, 15) is 19.7 Å². The zero-order chi connectivity index (χ0) is 26.8. The number of rotatable bonds is 5. The maximum atomic E-state index is 13.5. The first-order valence-electron chi connectivity index (χ1n) is 13.4. The van der Waals surface area contributed by atoms with E-state index >= 15 is 0 Å². The smallest absolute Gasteiger partial charge is 0.466 e. The number of aliphatic hydroxyl groups excluding tert-OH is 1. The van der Waals surface area contributed by atoms with Crippen LogP contribution < -0.4 is 10.2 Å². The highest BCUT2D eigenvalue weighted by atomic mass is 16.6. The molecule has 0 spiro atoms. The second kappa shape index (κ2) is 9.21. The topological polar surface area (TPSA) is 115 Å². The monoisotopic (exact) mass is 511 g/mol. The maximum Gasteiger partial charge on any atom is 0.492 e. The summed E-state index contributed by atoms with van der Waals surface area (Å²) in [6.07, 6.45) is 5.46. The van der Waals surface area contributed by atoms with E-state index in [1.165, 1.54) is 0 Å². The summed E-state index contributed by atoms with van der Waals surface area (Å²) in [6, 6.07) is 1.57. The van der Waals surface area contributed by atoms with E-state index in [0.717, 1.165) is 24.8 Å². The van der Waals surface area contributed by atoms with Crippen molar-refractivity contribution in [2.75, 3.05) is 6.61 Å². The Balaban J connectivity index is 1.43. The number of hydrogen-bond donors (Lipinski definition) is 2. The Kier molecular flexibility index (Phi) is 6.57. The molecule has 1 aromatic heterocycles. The van der Waals surface area contributed by atoms with E-state index in [4.69, 9.17) is 14.1 Å². The van der Waals surface area contributed by atoms with Gasteiger partial charge >= 0.3 is 13.1 Å². The summed E-state index contributed by atoms with van der Waals surface area (Å²) >= 11 is 0. The van der Waals surface area contributed by atoms with Gasteiger partial charge in [-0.3, -0.25) is 4.79 Å². The minimum absolute atomic E-state index is 0.0797. The zero-order valence-electron chi connectivity index (χ0n) is 22.2. The maximum absolute atomic E-state index is 13.5. The van der Waals surface area contributed by atoms with Crippen molar-refractivity contribution in [2.45, 2.75) is 78.6 Å². The summed E-state index contributed by atoms with van der Waals surface area (Å²) in [5.41, 5.74) is -0.237. The third-order valence-corrected chi connectivity index (χ3v) is 10.6. The second-order valence-electron chi connectivity index (χ2n) is 12.2. The first kappa shape index (κ1) is 26.4. The molecule has 1 aromatic rings. The van der Waals surface area contributed by atoms with Gasteiger partial charge in [-0.15, -0.1) is 6.58 Å². The molecule has 0 unspecified atom stereocenters. The summed E-state index contributed by atoms with van der Waals surface area (Å²) in [6.45, 7) is 12.3. The highest BCUT2D eigenvalue weighted by Crippen LogP contribution is 2.68. The van der Waals surface area contributed by atoms with Crippen molar-refractivity contribution in [3.63, 3.8) is 0 Å². The fraction of sp³-hybridized carbons (Fsp3) is 0.679. The van der Waals surface area contributed by atoms with Crippen LogP contribution in [0.3, 0.4) is 0 Å². The molecule has 1 aliphatic heterocycles. The zero-order valence-corrected chi connectivity index (χ0v) is 22.2. The van der Waals surface area contributed by atoms with Gasteiger partial charge in [0.15, 0.2) is 6.61 Å². The van der Waals surface area contributed by atoms with Crippen LogP contribution in [0.4, 0.5) is 0 Å². The molecule has 0 radical (unpaired) electrons. The Bertz CT molecular complexity index is 1110. The Hall–Kier alpha value is -2.23. The third-order valence-electron chi connectivity index (χ3n) is 10.6. The average Bonchev–Trinajstić information content (AvgIpc) is 3.43. The van der Waals surface area contributed by atoms with Gasteiger partial charge in [0.25, 0.3) is 0 Å². The molecule has 37 heavy (non-hydrogen) atoms. The molecule has 2 heterocycles. The molecule has 0 aromatic carbocycles. The first-order chi connectivity index (χ1) is 17.5. The van der Waals surface area contributed by atoms with Crippen LogP contribution in [0.1, 0.15) is 65.4 Å². The molecule has 9 heteroatoms. The number of aliphatic hydroxyl groups is 1. The number of ether oxygens (including phenoxy) is 2. The van der Waals surface area contributed by atoms with E-state index < -0.39 is 36.1 Å². The summed E-state index contributed by atoms with van der Waals surface area (Å²) < 4.78 is 17.0. The van der Waals surface area contributed by atoms with Gasteiger partial charge in [0.05, 0.1) is 12.7 Å². The second-order valence-corrected chi connectivity index (χ2v) is 12.2. The third kappa shape index (κ3) is 3.96. The van der Waals surface area contributed by atoms with Crippen LogP contribution in [0.15, 0.2) is 24.9 Å². The Morgan fingerprint density at radius 1 is 1.35 bits per heavy atom. The van der Waals surface area contributed by atoms with E-state index in [-0.39, 0.29) is 48.0 Å². The van der Waals surface area contributed by atoms with Gasteiger partial charge in [0, 0.05) is 35.4 Å². The van der Waals surface area contributed by atoms with Crippen LogP contribution in [-0.2, 0) is 25.6 Å². The number of aromatic nitrogens is 1. The Morgan fingerprint density at radius 3 is 2.84 bits per heavy atom. The number of Topliss-reactive ketones (excluding diaryl/α,β-unsaturated/α-hetero) is 1. The molecule has 4 aliphatic rings. The molecule has 0 saturated heterocycles. The van der Waals surface area contributed by atoms with Crippen LogP contribution in [0, 0.1) is 34.0 Å². The lowest BCUT2D eigenvalue weighted by Crippen LogP contribution is -2.63. The molecular formula is C28H38BNO7. The quantitative estimate of drug-likeness (QED) is 0.352. The molecule has 2 N–H and O–H groups in total. The number of carbonyl (C=O) groups is 2. The highest BCUT2D eigenvalue weighted by Gasteiger charge is 2.68. The van der Waals surface area contributed by atoms with Crippen LogP contribution in [0.2, 0.25) is 0 Å². The molecular weight excluding hydrogens is 473 g/mol. The molecule has 200 valence electrons. The average molecular weight is 511 g/mol. The van der Waals surface area contributed by atoms with E-state index in [1.54, 1.807) is 18.3 Å². The lowest BCUT2D eigenvalue weighted by Gasteiger charge is -2.61. The summed E-state index contributed by atoms with van der Waals surface area (Å²) in [5.74, 6) is -0.349. The van der Waals surface area contributed by atoms with Crippen molar-refractivity contribution in [3.05, 3.63) is 30.5 Å². The number of hydrogen-bond acceptors (Lipinski definition) is 8. The van der Waals surface area contributed by atoms with E-state index in [1.807, 2.05) is 6.92 Å². The van der Waals surface area contributed by atoms with Crippen LogP contribution >= 0.6 is 0 Å². The summed E-state index contributed by atoms with van der Waals surface area (Å²) in [7, 11) is -1.04. The van der Waals surface area contributed by atoms with Crippen molar-refractivity contribution in [3.8, 4) is 5.88 Å². The largest absolute Gasteiger partial charge is 0.492 e. The van der Waals surface area contributed by atoms with Gasteiger partial charge in [-0.2, -0.15) is 0 Å².